The van der Waals surface area contributed by atoms with Gasteiger partial charge in [0.15, 0.2) is 0 Å². The summed E-state index contributed by atoms with van der Waals surface area (Å²) >= 11 is 0. The Balaban J connectivity index is 2.66. The monoisotopic (exact) mass is 227 g/mol. The summed E-state index contributed by atoms with van der Waals surface area (Å²) in [6, 6.07) is 0.752. The van der Waals surface area contributed by atoms with E-state index in [0.717, 1.165) is 13.0 Å². The third-order valence-corrected chi connectivity index (χ3v) is 3.33. The molecule has 1 heterocycles. The van der Waals surface area contributed by atoms with Crippen LogP contribution in [0.25, 0.3) is 0 Å². The molecule has 1 aliphatic heterocycles. The zero-order chi connectivity index (χ0) is 12.3. The quantitative estimate of drug-likeness (QED) is 0.803. The molecule has 1 N–H and O–H groups in total. The highest BCUT2D eigenvalue weighted by molar-refractivity contribution is 5.67. The van der Waals surface area contributed by atoms with Crippen molar-refractivity contribution in [2.75, 3.05) is 6.54 Å². The molecule has 0 saturated carbocycles. The molecule has 16 heavy (non-hydrogen) atoms. The van der Waals surface area contributed by atoms with E-state index in [1.54, 1.807) is 0 Å². The molecule has 0 aliphatic carbocycles. The molecule has 0 aromatic heterocycles. The van der Waals surface area contributed by atoms with E-state index in [1.165, 1.54) is 12.8 Å². The molecular weight excluding hydrogens is 202 g/mol. The number of nitrogens with zero attached hydrogens (tertiary/aromatic N) is 1. The fourth-order valence-corrected chi connectivity index (χ4v) is 2.71. The van der Waals surface area contributed by atoms with Gasteiger partial charge in [-0.1, -0.05) is 20.8 Å². The van der Waals surface area contributed by atoms with Gasteiger partial charge >= 0.3 is 5.97 Å². The van der Waals surface area contributed by atoms with Crippen LogP contribution in [0.1, 0.15) is 53.4 Å². The molecule has 94 valence electrons. The van der Waals surface area contributed by atoms with Crippen LogP contribution in [0, 0.1) is 5.41 Å². The first-order chi connectivity index (χ1) is 7.29. The summed E-state index contributed by atoms with van der Waals surface area (Å²) in [5, 5.41) is 9.00. The second-order valence-corrected chi connectivity index (χ2v) is 6.25. The first-order valence-corrected chi connectivity index (χ1v) is 6.27. The lowest BCUT2D eigenvalue weighted by molar-refractivity contribution is -0.138. The molecule has 3 heteroatoms. The molecule has 1 rings (SSSR count). The van der Waals surface area contributed by atoms with Crippen molar-refractivity contribution in [3.8, 4) is 0 Å². The molecule has 0 radical (unpaired) electrons. The van der Waals surface area contributed by atoms with Gasteiger partial charge in [-0.15, -0.1) is 0 Å². The zero-order valence-corrected chi connectivity index (χ0v) is 11.0. The highest BCUT2D eigenvalue weighted by Crippen LogP contribution is 2.30. The standard InChI is InChI=1S/C13H25NO2/c1-10-6-5-7-14(10)11(8-12(15)16)9-13(2,3)4/h10-11H,5-9H2,1-4H3,(H,15,16). The molecule has 3 nitrogen and oxygen atoms in total. The Morgan fingerprint density at radius 2 is 2.12 bits per heavy atom. The molecule has 0 amide bonds. The van der Waals surface area contributed by atoms with Crippen LogP contribution in [0.15, 0.2) is 0 Å². The SMILES string of the molecule is CC1CCCN1C(CC(=O)O)CC(C)(C)C. The Bertz CT molecular complexity index is 245. The van der Waals surface area contributed by atoms with E-state index in [0.29, 0.717) is 6.04 Å². The lowest BCUT2D eigenvalue weighted by Crippen LogP contribution is -2.41. The Hall–Kier alpha value is -0.570. The van der Waals surface area contributed by atoms with E-state index >= 15 is 0 Å². The Morgan fingerprint density at radius 1 is 1.50 bits per heavy atom. The van der Waals surface area contributed by atoms with Crippen molar-refractivity contribution in [1.29, 1.82) is 0 Å². The van der Waals surface area contributed by atoms with Crippen molar-refractivity contribution in [2.24, 2.45) is 5.41 Å². The summed E-state index contributed by atoms with van der Waals surface area (Å²) in [7, 11) is 0. The maximum atomic E-state index is 10.9. The molecule has 0 bridgehead atoms. The van der Waals surface area contributed by atoms with Gasteiger partial charge in [0, 0.05) is 12.1 Å². The Kier molecular flexibility index (Phi) is 4.36. The van der Waals surface area contributed by atoms with Crippen LogP contribution in [0.5, 0.6) is 0 Å². The Labute approximate surface area is 98.8 Å². The summed E-state index contributed by atoms with van der Waals surface area (Å²) in [4.78, 5) is 13.3. The maximum absolute atomic E-state index is 10.9. The van der Waals surface area contributed by atoms with E-state index in [4.69, 9.17) is 5.11 Å². The molecule has 1 saturated heterocycles. The smallest absolute Gasteiger partial charge is 0.304 e. The van der Waals surface area contributed by atoms with Crippen LogP contribution in [0.3, 0.4) is 0 Å². The van der Waals surface area contributed by atoms with Gasteiger partial charge in [0.2, 0.25) is 0 Å². The Morgan fingerprint density at radius 3 is 2.50 bits per heavy atom. The number of aliphatic carboxylic acids is 1. The van der Waals surface area contributed by atoms with Gasteiger partial charge in [-0.05, 0) is 38.1 Å². The van der Waals surface area contributed by atoms with E-state index in [1.807, 2.05) is 0 Å². The summed E-state index contributed by atoms with van der Waals surface area (Å²) in [6.45, 7) is 9.83. The van der Waals surface area contributed by atoms with Crippen molar-refractivity contribution in [3.05, 3.63) is 0 Å². The van der Waals surface area contributed by atoms with E-state index in [9.17, 15) is 4.79 Å². The molecule has 1 aliphatic rings. The summed E-state index contributed by atoms with van der Waals surface area (Å²) in [5.41, 5.74) is 0.197. The summed E-state index contributed by atoms with van der Waals surface area (Å²) < 4.78 is 0. The van der Waals surface area contributed by atoms with E-state index in [2.05, 4.69) is 32.6 Å². The number of hydrogen-bond acceptors (Lipinski definition) is 2. The number of hydrogen-bond donors (Lipinski definition) is 1. The molecular formula is C13H25NO2. The zero-order valence-electron chi connectivity index (χ0n) is 11.0. The molecule has 1 fully saturated rings. The van der Waals surface area contributed by atoms with Gasteiger partial charge in [0.05, 0.1) is 6.42 Å². The van der Waals surface area contributed by atoms with Crippen molar-refractivity contribution < 1.29 is 9.90 Å². The van der Waals surface area contributed by atoms with Crippen LogP contribution >= 0.6 is 0 Å². The number of carbonyl (C=O) groups is 1. The largest absolute Gasteiger partial charge is 0.481 e. The number of carboxylic acids is 1. The van der Waals surface area contributed by atoms with Gasteiger partial charge in [-0.3, -0.25) is 9.69 Å². The first kappa shape index (κ1) is 13.5. The molecule has 0 spiro atoms. The molecule has 0 aromatic rings. The van der Waals surface area contributed by atoms with E-state index in [-0.39, 0.29) is 17.9 Å². The summed E-state index contributed by atoms with van der Waals surface area (Å²) in [5.74, 6) is -0.673. The molecule has 2 atom stereocenters. The van der Waals surface area contributed by atoms with Gasteiger partial charge in [-0.2, -0.15) is 0 Å². The second-order valence-electron chi connectivity index (χ2n) is 6.25. The van der Waals surface area contributed by atoms with Gasteiger partial charge in [0.25, 0.3) is 0 Å². The van der Waals surface area contributed by atoms with Gasteiger partial charge in [-0.25, -0.2) is 0 Å². The fraction of sp³-hybridized carbons (Fsp3) is 0.923. The predicted molar refractivity (Wildman–Crippen MR) is 65.5 cm³/mol. The van der Waals surface area contributed by atoms with Crippen molar-refractivity contribution in [2.45, 2.75) is 65.5 Å². The topological polar surface area (TPSA) is 40.5 Å². The van der Waals surface area contributed by atoms with Crippen molar-refractivity contribution in [3.63, 3.8) is 0 Å². The number of likely N-dealkylation sites (tertiary alicyclic amines) is 1. The van der Waals surface area contributed by atoms with Gasteiger partial charge < -0.3 is 5.11 Å². The third-order valence-electron chi connectivity index (χ3n) is 3.33. The minimum atomic E-state index is -0.673. The minimum Gasteiger partial charge on any atom is -0.481 e. The van der Waals surface area contributed by atoms with Crippen molar-refractivity contribution >= 4 is 5.97 Å². The normalized spacial score (nSPS) is 24.6. The lowest BCUT2D eigenvalue weighted by atomic mass is 9.86. The minimum absolute atomic E-state index is 0.197. The van der Waals surface area contributed by atoms with Crippen molar-refractivity contribution in [1.82, 2.24) is 4.90 Å². The van der Waals surface area contributed by atoms with Crippen LogP contribution in [-0.4, -0.2) is 34.6 Å². The van der Waals surface area contributed by atoms with Crippen LogP contribution in [0.4, 0.5) is 0 Å². The molecule has 0 aromatic carbocycles. The average Bonchev–Trinajstić information content (AvgIpc) is 2.46. The number of rotatable bonds is 4. The highest BCUT2D eigenvalue weighted by Gasteiger charge is 2.31. The maximum Gasteiger partial charge on any atom is 0.304 e. The lowest BCUT2D eigenvalue weighted by Gasteiger charge is -2.34. The third kappa shape index (κ3) is 4.12. The fourth-order valence-electron chi connectivity index (χ4n) is 2.71. The predicted octanol–water partition coefficient (Wildman–Crippen LogP) is 2.75. The highest BCUT2D eigenvalue weighted by atomic mass is 16.4. The van der Waals surface area contributed by atoms with Gasteiger partial charge in [0.1, 0.15) is 0 Å². The molecule has 2 unspecified atom stereocenters. The first-order valence-electron chi connectivity index (χ1n) is 6.27. The number of carboxylic acid groups (broad SMARTS) is 1. The second kappa shape index (κ2) is 5.17. The van der Waals surface area contributed by atoms with Crippen LogP contribution < -0.4 is 0 Å². The van der Waals surface area contributed by atoms with E-state index < -0.39 is 5.97 Å². The van der Waals surface area contributed by atoms with Crippen LogP contribution in [0.2, 0.25) is 0 Å². The van der Waals surface area contributed by atoms with Crippen LogP contribution in [-0.2, 0) is 4.79 Å². The summed E-state index contributed by atoms with van der Waals surface area (Å²) in [6.07, 6.45) is 3.66. The average molecular weight is 227 g/mol.